The summed E-state index contributed by atoms with van der Waals surface area (Å²) >= 11 is 0. The lowest BCUT2D eigenvalue weighted by atomic mass is 10.0. The highest BCUT2D eigenvalue weighted by Gasteiger charge is 2.35. The molecule has 4 rings (SSSR count). The summed E-state index contributed by atoms with van der Waals surface area (Å²) in [4.78, 5) is 15.3. The number of hydrogen-bond acceptors (Lipinski definition) is 6. The topological polar surface area (TPSA) is 108 Å². The van der Waals surface area contributed by atoms with E-state index >= 15 is 0 Å². The van der Waals surface area contributed by atoms with Crippen molar-refractivity contribution in [1.82, 2.24) is 14.9 Å². The van der Waals surface area contributed by atoms with Crippen LogP contribution >= 0.6 is 0 Å². The van der Waals surface area contributed by atoms with Crippen molar-refractivity contribution in [1.29, 1.82) is 5.26 Å². The molecule has 24 heavy (non-hydrogen) atoms. The van der Waals surface area contributed by atoms with Crippen LogP contribution in [0, 0.1) is 11.3 Å². The quantitative estimate of drug-likeness (QED) is 0.902. The molecular formula is C16H14N6O2. The first-order valence-electron chi connectivity index (χ1n) is 7.53. The van der Waals surface area contributed by atoms with E-state index in [1.807, 2.05) is 24.4 Å². The smallest absolute Gasteiger partial charge is 0.332 e. The van der Waals surface area contributed by atoms with Gasteiger partial charge in [0.2, 0.25) is 0 Å². The van der Waals surface area contributed by atoms with Crippen molar-refractivity contribution in [3.05, 3.63) is 52.7 Å². The summed E-state index contributed by atoms with van der Waals surface area (Å²) in [6.45, 7) is 1.65. The fourth-order valence-corrected chi connectivity index (χ4v) is 2.95. The molecule has 3 atom stereocenters. The minimum atomic E-state index is -0.628. The van der Waals surface area contributed by atoms with E-state index in [2.05, 4.69) is 20.5 Å². The van der Waals surface area contributed by atoms with Gasteiger partial charge in [0.15, 0.2) is 18.1 Å². The van der Waals surface area contributed by atoms with Crippen molar-refractivity contribution in [3.8, 4) is 17.5 Å². The van der Waals surface area contributed by atoms with Crippen LogP contribution in [0.15, 0.2) is 51.6 Å². The number of aromatic nitrogens is 2. The number of nitrogens with zero attached hydrogens (tertiary/aromatic N) is 4. The first-order valence-corrected chi connectivity index (χ1v) is 7.53. The molecule has 8 nitrogen and oxygen atoms in total. The summed E-state index contributed by atoms with van der Waals surface area (Å²) in [7, 11) is 0. The van der Waals surface area contributed by atoms with Gasteiger partial charge < -0.3 is 10.1 Å². The largest absolute Gasteiger partial charge is 0.474 e. The van der Waals surface area contributed by atoms with Gasteiger partial charge in [-0.2, -0.15) is 10.4 Å². The molecule has 1 aromatic heterocycles. The number of fused-ring (bicyclic) bond motifs is 3. The van der Waals surface area contributed by atoms with Crippen LogP contribution < -0.4 is 15.7 Å². The number of imidazole rings is 1. The number of H-pyrrole nitrogens is 1. The third-order valence-electron chi connectivity index (χ3n) is 4.01. The monoisotopic (exact) mass is 322 g/mol. The van der Waals surface area contributed by atoms with E-state index < -0.39 is 6.10 Å². The zero-order chi connectivity index (χ0) is 16.7. The van der Waals surface area contributed by atoms with Crippen LogP contribution in [0.1, 0.15) is 18.5 Å². The van der Waals surface area contributed by atoms with Gasteiger partial charge in [0.25, 0.3) is 0 Å². The minimum absolute atomic E-state index is 0.0992. The standard InChI is InChI=1S/C16H14N6O2/c1-9(8-17)24-12-5-3-2-4-11(12)22-13-10-6-7-18-14(10)20-21-15(13)19-16(22)23/h2-7,9-10,14,18H,1H3,(H,19,23). The molecule has 8 heteroatoms. The Morgan fingerprint density at radius 3 is 3.08 bits per heavy atom. The number of nitriles is 1. The van der Waals surface area contributed by atoms with Gasteiger partial charge in [-0.05, 0) is 25.3 Å². The molecule has 120 valence electrons. The van der Waals surface area contributed by atoms with Crippen LogP contribution in [0.2, 0.25) is 0 Å². The van der Waals surface area contributed by atoms with Crippen molar-refractivity contribution >= 4 is 5.82 Å². The molecule has 0 fully saturated rings. The summed E-state index contributed by atoms with van der Waals surface area (Å²) < 4.78 is 7.20. The second-order valence-electron chi connectivity index (χ2n) is 5.57. The molecule has 0 aliphatic carbocycles. The third-order valence-corrected chi connectivity index (χ3v) is 4.01. The molecule has 2 aromatic rings. The number of azo groups is 1. The van der Waals surface area contributed by atoms with Gasteiger partial charge in [-0.3, -0.25) is 9.55 Å². The van der Waals surface area contributed by atoms with E-state index in [1.54, 1.807) is 29.7 Å². The van der Waals surface area contributed by atoms with E-state index in [9.17, 15) is 4.79 Å². The highest BCUT2D eigenvalue weighted by atomic mass is 16.5. The SMILES string of the molecule is CC(C#N)Oc1ccccc1-n1c2c([nH]c1=O)N=NC1NC=CC21. The molecule has 1 aromatic carbocycles. The Morgan fingerprint density at radius 2 is 2.25 bits per heavy atom. The Labute approximate surface area is 137 Å². The first-order chi connectivity index (χ1) is 11.7. The minimum Gasteiger partial charge on any atom is -0.474 e. The normalized spacial score (nSPS) is 21.5. The van der Waals surface area contributed by atoms with Crippen LogP contribution in [0.5, 0.6) is 5.75 Å². The van der Waals surface area contributed by atoms with Crippen molar-refractivity contribution in [2.45, 2.75) is 25.1 Å². The Balaban J connectivity index is 1.90. The zero-order valence-electron chi connectivity index (χ0n) is 12.8. The number of nitrogens with one attached hydrogen (secondary N) is 2. The second kappa shape index (κ2) is 5.38. The predicted octanol–water partition coefficient (Wildman–Crippen LogP) is 2.08. The van der Waals surface area contributed by atoms with Crippen LogP contribution in [0.3, 0.4) is 0 Å². The van der Waals surface area contributed by atoms with Crippen molar-refractivity contribution < 1.29 is 4.74 Å². The molecule has 0 bridgehead atoms. The Kier molecular flexibility index (Phi) is 3.20. The van der Waals surface area contributed by atoms with Gasteiger partial charge in [-0.25, -0.2) is 4.79 Å². The Hall–Kier alpha value is -3.34. The number of hydrogen-bond donors (Lipinski definition) is 2. The van der Waals surface area contributed by atoms with Gasteiger partial charge in [-0.15, -0.1) is 5.11 Å². The molecule has 0 spiro atoms. The van der Waals surface area contributed by atoms with E-state index in [0.717, 1.165) is 5.69 Å². The summed E-state index contributed by atoms with van der Waals surface area (Å²) in [6, 6.07) is 9.16. The van der Waals surface area contributed by atoms with E-state index in [0.29, 0.717) is 17.3 Å². The van der Waals surface area contributed by atoms with Gasteiger partial charge >= 0.3 is 5.69 Å². The average Bonchev–Trinajstić information content (AvgIpc) is 3.18. The summed E-state index contributed by atoms with van der Waals surface area (Å²) in [5, 5.41) is 20.4. The average molecular weight is 322 g/mol. The number of aromatic amines is 1. The lowest BCUT2D eigenvalue weighted by molar-refractivity contribution is 0.275. The number of rotatable bonds is 3. The van der Waals surface area contributed by atoms with E-state index in [-0.39, 0.29) is 17.8 Å². The maximum Gasteiger partial charge on any atom is 0.332 e. The third kappa shape index (κ3) is 2.10. The maximum absolute atomic E-state index is 12.5. The van der Waals surface area contributed by atoms with Crippen LogP contribution in [0.4, 0.5) is 5.82 Å². The highest BCUT2D eigenvalue weighted by molar-refractivity contribution is 5.53. The first kappa shape index (κ1) is 14.3. The molecular weight excluding hydrogens is 308 g/mol. The van der Waals surface area contributed by atoms with Gasteiger partial charge in [0.1, 0.15) is 11.8 Å². The van der Waals surface area contributed by atoms with Gasteiger partial charge in [0, 0.05) is 0 Å². The molecule has 0 saturated heterocycles. The van der Waals surface area contributed by atoms with Crippen molar-refractivity contribution in [2.24, 2.45) is 10.2 Å². The molecule has 0 radical (unpaired) electrons. The van der Waals surface area contributed by atoms with Crippen LogP contribution in [-0.4, -0.2) is 21.8 Å². The fourth-order valence-electron chi connectivity index (χ4n) is 2.95. The number of ether oxygens (including phenoxy) is 1. The summed E-state index contributed by atoms with van der Waals surface area (Å²) in [5.74, 6) is 0.806. The molecule has 2 aliphatic rings. The van der Waals surface area contributed by atoms with Crippen LogP contribution in [0.25, 0.3) is 5.69 Å². The Morgan fingerprint density at radius 1 is 1.42 bits per heavy atom. The van der Waals surface area contributed by atoms with E-state index in [4.69, 9.17) is 10.00 Å². The lowest BCUT2D eigenvalue weighted by Gasteiger charge is -2.21. The van der Waals surface area contributed by atoms with Crippen LogP contribution in [-0.2, 0) is 0 Å². The maximum atomic E-state index is 12.5. The summed E-state index contributed by atoms with van der Waals surface area (Å²) in [6.07, 6.45) is 2.92. The number of para-hydroxylation sites is 2. The fraction of sp³-hybridized carbons (Fsp3) is 0.250. The Bertz CT molecular complexity index is 948. The molecule has 0 saturated carbocycles. The van der Waals surface area contributed by atoms with Gasteiger partial charge in [-0.1, -0.05) is 18.2 Å². The lowest BCUT2D eigenvalue weighted by Crippen LogP contribution is -2.27. The van der Waals surface area contributed by atoms with E-state index in [1.165, 1.54) is 0 Å². The molecule has 2 aliphatic heterocycles. The highest BCUT2D eigenvalue weighted by Crippen LogP contribution is 2.38. The summed E-state index contributed by atoms with van der Waals surface area (Å²) in [5.41, 5.74) is 0.973. The van der Waals surface area contributed by atoms with Crippen molar-refractivity contribution in [2.75, 3.05) is 0 Å². The zero-order valence-corrected chi connectivity index (χ0v) is 12.8. The molecule has 0 amide bonds. The van der Waals surface area contributed by atoms with Gasteiger partial charge in [0.05, 0.1) is 17.3 Å². The van der Waals surface area contributed by atoms with Crippen molar-refractivity contribution in [3.63, 3.8) is 0 Å². The molecule has 3 unspecified atom stereocenters. The number of benzene rings is 1. The molecule has 3 heterocycles. The second-order valence-corrected chi connectivity index (χ2v) is 5.57. The predicted molar refractivity (Wildman–Crippen MR) is 85.4 cm³/mol. The molecule has 2 N–H and O–H groups in total.